The first-order valence-electron chi connectivity index (χ1n) is 11.4. The maximum absolute atomic E-state index is 13.1. The van der Waals surface area contributed by atoms with E-state index in [1.165, 1.54) is 18.2 Å². The van der Waals surface area contributed by atoms with Crippen LogP contribution in [0.4, 0.5) is 13.2 Å². The minimum atomic E-state index is -4.82. The normalized spacial score (nSPS) is 13.0. The zero-order valence-electron chi connectivity index (χ0n) is 20.8. The fraction of sp³-hybridized carbons (Fsp3) is 0.667. The Morgan fingerprint density at radius 3 is 2.29 bits per heavy atom. The molecule has 0 atom stereocenters. The van der Waals surface area contributed by atoms with Crippen LogP contribution < -0.4 is 22.1 Å². The van der Waals surface area contributed by atoms with Crippen molar-refractivity contribution in [3.63, 3.8) is 0 Å². The monoisotopic (exact) mass is 488 g/mol. The largest absolute Gasteiger partial charge is 0.423 e. The molecule has 0 heterocycles. The summed E-state index contributed by atoms with van der Waals surface area (Å²) < 4.78 is 45.2. The molecule has 0 aromatic heterocycles. The second kappa shape index (κ2) is 12.0. The summed E-state index contributed by atoms with van der Waals surface area (Å²) in [5.41, 5.74) is 6.38. The van der Waals surface area contributed by atoms with Gasteiger partial charge in [0.15, 0.2) is 5.66 Å². The highest BCUT2D eigenvalue weighted by atomic mass is 19.4. The van der Waals surface area contributed by atoms with Crippen molar-refractivity contribution in [3.8, 4) is 0 Å². The minimum Gasteiger partial charge on any atom is -0.374 e. The average molecular weight is 489 g/mol. The van der Waals surface area contributed by atoms with Gasteiger partial charge in [0, 0.05) is 31.5 Å². The van der Waals surface area contributed by atoms with Crippen molar-refractivity contribution >= 4 is 11.8 Å². The van der Waals surface area contributed by atoms with E-state index in [0.717, 1.165) is 12.8 Å². The number of hydrogen-bond acceptors (Lipinski definition) is 5. The fourth-order valence-corrected chi connectivity index (χ4v) is 3.01. The van der Waals surface area contributed by atoms with Gasteiger partial charge in [-0.05, 0) is 37.8 Å². The van der Waals surface area contributed by atoms with E-state index in [1.807, 2.05) is 20.8 Å². The maximum Gasteiger partial charge on any atom is 0.423 e. The highest BCUT2D eigenvalue weighted by molar-refractivity contribution is 5.81. The zero-order chi connectivity index (χ0) is 26.2. The molecule has 7 nitrogen and oxygen atoms in total. The van der Waals surface area contributed by atoms with E-state index in [-0.39, 0.29) is 23.9 Å². The number of nitrogens with one attached hydrogen (secondary N) is 2. The molecule has 10 heteroatoms. The van der Waals surface area contributed by atoms with Gasteiger partial charge in [0.05, 0.1) is 5.60 Å². The van der Waals surface area contributed by atoms with Gasteiger partial charge in [0.25, 0.3) is 0 Å². The van der Waals surface area contributed by atoms with Crippen molar-refractivity contribution in [3.05, 3.63) is 35.4 Å². The van der Waals surface area contributed by atoms with Crippen LogP contribution in [-0.2, 0) is 26.5 Å². The minimum absolute atomic E-state index is 0.0148. The summed E-state index contributed by atoms with van der Waals surface area (Å²) in [7, 11) is 0. The molecular formula is C24H39F3N4O3. The predicted molar refractivity (Wildman–Crippen MR) is 125 cm³/mol. The van der Waals surface area contributed by atoms with Crippen LogP contribution in [-0.4, -0.2) is 36.7 Å². The highest BCUT2D eigenvalue weighted by Crippen LogP contribution is 2.32. The summed E-state index contributed by atoms with van der Waals surface area (Å²) >= 11 is 0. The van der Waals surface area contributed by atoms with Crippen molar-refractivity contribution < 1.29 is 27.5 Å². The SMILES string of the molecule is CCCCC(=O)NCC(C)(C)OCCC(C)(C)C(=O)NCc1cccc(C(N)(N)C(F)(F)F)c1. The molecule has 2 amide bonds. The average Bonchev–Trinajstić information content (AvgIpc) is 2.73. The number of nitrogens with two attached hydrogens (primary N) is 2. The molecule has 34 heavy (non-hydrogen) atoms. The predicted octanol–water partition coefficient (Wildman–Crippen LogP) is 3.45. The van der Waals surface area contributed by atoms with E-state index in [9.17, 15) is 22.8 Å². The number of benzene rings is 1. The highest BCUT2D eigenvalue weighted by Gasteiger charge is 2.50. The van der Waals surface area contributed by atoms with Crippen molar-refractivity contribution in [2.75, 3.05) is 13.2 Å². The van der Waals surface area contributed by atoms with Crippen LogP contribution in [0.15, 0.2) is 24.3 Å². The lowest BCUT2D eigenvalue weighted by Gasteiger charge is -2.29. The Balaban J connectivity index is 2.58. The molecule has 6 N–H and O–H groups in total. The Morgan fingerprint density at radius 1 is 1.06 bits per heavy atom. The summed E-state index contributed by atoms with van der Waals surface area (Å²) in [4.78, 5) is 24.5. The lowest BCUT2D eigenvalue weighted by atomic mass is 9.88. The van der Waals surface area contributed by atoms with Gasteiger partial charge in [-0.2, -0.15) is 13.2 Å². The Morgan fingerprint density at radius 2 is 1.71 bits per heavy atom. The van der Waals surface area contributed by atoms with Gasteiger partial charge in [0.2, 0.25) is 11.8 Å². The van der Waals surface area contributed by atoms with Crippen molar-refractivity contribution in [2.45, 2.75) is 84.3 Å². The Hall–Kier alpha value is -2.17. The number of unbranched alkanes of at least 4 members (excludes halogenated alkanes) is 1. The lowest BCUT2D eigenvalue weighted by molar-refractivity contribution is -0.188. The lowest BCUT2D eigenvalue weighted by Crippen LogP contribution is -2.57. The standard InChI is InChI=1S/C24H39F3N4O3/c1-6-7-11-19(32)31-16-22(4,5)34-13-12-21(2,3)20(33)30-15-17-9-8-10-18(14-17)23(28,29)24(25,26)27/h8-10,14H,6-7,11-13,15-16,28-29H2,1-5H3,(H,30,33)(H,31,32). The second-order valence-corrected chi connectivity index (χ2v) is 9.87. The Bertz CT molecular complexity index is 824. The van der Waals surface area contributed by atoms with Crippen LogP contribution >= 0.6 is 0 Å². The van der Waals surface area contributed by atoms with Gasteiger partial charge in [-0.3, -0.25) is 9.59 Å². The molecule has 194 valence electrons. The van der Waals surface area contributed by atoms with Crippen molar-refractivity contribution in [1.29, 1.82) is 0 Å². The van der Waals surface area contributed by atoms with Gasteiger partial charge < -0.3 is 26.8 Å². The molecule has 0 aliphatic carbocycles. The summed E-state index contributed by atoms with van der Waals surface area (Å²) in [5.74, 6) is -0.284. The fourth-order valence-electron chi connectivity index (χ4n) is 3.01. The summed E-state index contributed by atoms with van der Waals surface area (Å²) in [5, 5.41) is 5.61. The number of hydrogen-bond donors (Lipinski definition) is 4. The molecular weight excluding hydrogens is 449 g/mol. The van der Waals surface area contributed by atoms with Gasteiger partial charge in [-0.25, -0.2) is 0 Å². The Labute approximate surface area is 200 Å². The molecule has 1 aromatic carbocycles. The summed E-state index contributed by atoms with van der Waals surface area (Å²) in [6, 6.07) is 5.44. The molecule has 0 saturated carbocycles. The van der Waals surface area contributed by atoms with E-state index in [2.05, 4.69) is 10.6 Å². The van der Waals surface area contributed by atoms with Crippen LogP contribution in [0.5, 0.6) is 0 Å². The summed E-state index contributed by atoms with van der Waals surface area (Å²) in [6.45, 7) is 9.95. The van der Waals surface area contributed by atoms with Crippen molar-refractivity contribution in [2.24, 2.45) is 16.9 Å². The number of amides is 2. The molecule has 0 aliphatic rings. The zero-order valence-corrected chi connectivity index (χ0v) is 20.8. The maximum atomic E-state index is 13.1. The van der Waals surface area contributed by atoms with Gasteiger partial charge in [-0.1, -0.05) is 51.5 Å². The third-order valence-electron chi connectivity index (χ3n) is 5.63. The summed E-state index contributed by atoms with van der Waals surface area (Å²) in [6.07, 6.45) is -2.14. The molecule has 0 unspecified atom stereocenters. The molecule has 0 fully saturated rings. The Kier molecular flexibility index (Phi) is 10.5. The van der Waals surface area contributed by atoms with Gasteiger partial charge >= 0.3 is 6.18 Å². The number of alkyl halides is 3. The van der Waals surface area contributed by atoms with E-state index in [1.54, 1.807) is 19.9 Å². The molecule has 0 aliphatic heterocycles. The van der Waals surface area contributed by atoms with Gasteiger partial charge in [0.1, 0.15) is 0 Å². The van der Waals surface area contributed by atoms with Crippen LogP contribution in [0.1, 0.15) is 71.4 Å². The van der Waals surface area contributed by atoms with Crippen LogP contribution in [0.2, 0.25) is 0 Å². The first kappa shape index (κ1) is 29.9. The smallest absolute Gasteiger partial charge is 0.374 e. The van der Waals surface area contributed by atoms with Crippen LogP contribution in [0, 0.1) is 5.41 Å². The van der Waals surface area contributed by atoms with Crippen LogP contribution in [0.25, 0.3) is 0 Å². The van der Waals surface area contributed by atoms with Crippen LogP contribution in [0.3, 0.4) is 0 Å². The third-order valence-corrected chi connectivity index (χ3v) is 5.63. The number of rotatable bonds is 13. The number of carbonyl (C=O) groups is 2. The molecule has 0 radical (unpaired) electrons. The number of halogens is 3. The van der Waals surface area contributed by atoms with Gasteiger partial charge in [-0.15, -0.1) is 0 Å². The number of ether oxygens (including phenoxy) is 1. The topological polar surface area (TPSA) is 119 Å². The molecule has 1 aromatic rings. The van der Waals surface area contributed by atoms with E-state index >= 15 is 0 Å². The molecule has 0 spiro atoms. The first-order valence-corrected chi connectivity index (χ1v) is 11.4. The third kappa shape index (κ3) is 9.23. The molecule has 1 rings (SSSR count). The number of carbonyl (C=O) groups excluding carboxylic acids is 2. The van der Waals surface area contributed by atoms with E-state index in [4.69, 9.17) is 16.2 Å². The quantitative estimate of drug-likeness (QED) is 0.317. The molecule has 0 bridgehead atoms. The molecule has 0 saturated heterocycles. The van der Waals surface area contributed by atoms with E-state index in [0.29, 0.717) is 31.6 Å². The first-order chi connectivity index (χ1) is 15.5. The van der Waals surface area contributed by atoms with E-state index < -0.39 is 22.9 Å². The van der Waals surface area contributed by atoms with Crippen molar-refractivity contribution in [1.82, 2.24) is 10.6 Å². The second-order valence-electron chi connectivity index (χ2n) is 9.87.